The molecule has 0 aliphatic heterocycles. The largest absolute Gasteiger partial charge is 0.390 e. The van der Waals surface area contributed by atoms with Crippen LogP contribution in [0.4, 0.5) is 4.39 Å². The number of hydrogen-bond acceptors (Lipinski definition) is 3. The molecule has 4 N–H and O–H groups in total. The van der Waals surface area contributed by atoms with Crippen molar-refractivity contribution in [2.45, 2.75) is 12.5 Å². The van der Waals surface area contributed by atoms with E-state index in [1.807, 2.05) is 6.07 Å². The summed E-state index contributed by atoms with van der Waals surface area (Å²) in [6.45, 7) is 1.33. The molecule has 84 valence electrons. The van der Waals surface area contributed by atoms with Crippen molar-refractivity contribution in [2.24, 2.45) is 5.73 Å². The first-order valence-electron chi connectivity index (χ1n) is 5.06. The van der Waals surface area contributed by atoms with Crippen molar-refractivity contribution in [3.8, 4) is 0 Å². The average molecular weight is 212 g/mol. The van der Waals surface area contributed by atoms with Gasteiger partial charge in [-0.25, -0.2) is 4.39 Å². The van der Waals surface area contributed by atoms with Crippen LogP contribution >= 0.6 is 0 Å². The minimum atomic E-state index is -0.523. The number of nitrogens with one attached hydrogen (secondary N) is 1. The predicted octanol–water partition coefficient (Wildman–Crippen LogP) is 0.277. The highest BCUT2D eigenvalue weighted by Gasteiger charge is 2.01. The van der Waals surface area contributed by atoms with Gasteiger partial charge in [-0.05, 0) is 24.6 Å². The van der Waals surface area contributed by atoms with Gasteiger partial charge in [0.2, 0.25) is 0 Å². The number of benzene rings is 1. The minimum Gasteiger partial charge on any atom is -0.390 e. The van der Waals surface area contributed by atoms with E-state index in [0.717, 1.165) is 0 Å². The second-order valence-electron chi connectivity index (χ2n) is 3.44. The van der Waals surface area contributed by atoms with Gasteiger partial charge in [-0.15, -0.1) is 0 Å². The molecular formula is C11H17FN2O. The smallest absolute Gasteiger partial charge is 0.126 e. The maximum Gasteiger partial charge on any atom is 0.126 e. The molecule has 1 unspecified atom stereocenters. The zero-order valence-corrected chi connectivity index (χ0v) is 8.62. The van der Waals surface area contributed by atoms with Crippen molar-refractivity contribution >= 4 is 0 Å². The third-order valence-electron chi connectivity index (χ3n) is 2.18. The van der Waals surface area contributed by atoms with Crippen molar-refractivity contribution in [1.82, 2.24) is 5.32 Å². The summed E-state index contributed by atoms with van der Waals surface area (Å²) in [5.41, 5.74) is 5.93. The lowest BCUT2D eigenvalue weighted by Crippen LogP contribution is -2.33. The Labute approximate surface area is 89.1 Å². The first-order chi connectivity index (χ1) is 7.24. The number of aliphatic hydroxyl groups is 1. The summed E-state index contributed by atoms with van der Waals surface area (Å²) in [6.07, 6.45) is 0.0925. The summed E-state index contributed by atoms with van der Waals surface area (Å²) in [6, 6.07) is 6.69. The third-order valence-corrected chi connectivity index (χ3v) is 2.18. The fraction of sp³-hybridized carbons (Fsp3) is 0.455. The molecule has 0 fully saturated rings. The van der Waals surface area contributed by atoms with Crippen LogP contribution in [-0.2, 0) is 6.42 Å². The zero-order chi connectivity index (χ0) is 11.1. The highest BCUT2D eigenvalue weighted by molar-refractivity contribution is 5.17. The van der Waals surface area contributed by atoms with Crippen LogP contribution in [0, 0.1) is 5.82 Å². The summed E-state index contributed by atoms with van der Waals surface area (Å²) in [5, 5.41) is 12.2. The Hall–Kier alpha value is -0.970. The van der Waals surface area contributed by atoms with Gasteiger partial charge in [0.25, 0.3) is 0 Å². The van der Waals surface area contributed by atoms with E-state index < -0.39 is 6.10 Å². The Morgan fingerprint density at radius 3 is 2.80 bits per heavy atom. The summed E-state index contributed by atoms with van der Waals surface area (Å²) in [7, 11) is 0. The lowest BCUT2D eigenvalue weighted by Gasteiger charge is -2.09. The zero-order valence-electron chi connectivity index (χ0n) is 8.62. The molecule has 0 saturated carbocycles. The summed E-state index contributed by atoms with van der Waals surface area (Å²) in [4.78, 5) is 0. The molecule has 1 rings (SSSR count). The molecule has 15 heavy (non-hydrogen) atoms. The SMILES string of the molecule is NCC(O)CNCCc1ccccc1F. The van der Waals surface area contributed by atoms with Crippen molar-refractivity contribution in [2.75, 3.05) is 19.6 Å². The van der Waals surface area contributed by atoms with E-state index in [1.54, 1.807) is 12.1 Å². The number of hydrogen-bond donors (Lipinski definition) is 3. The van der Waals surface area contributed by atoms with Crippen molar-refractivity contribution < 1.29 is 9.50 Å². The van der Waals surface area contributed by atoms with Crippen LogP contribution < -0.4 is 11.1 Å². The van der Waals surface area contributed by atoms with Crippen molar-refractivity contribution in [3.63, 3.8) is 0 Å². The van der Waals surface area contributed by atoms with E-state index in [1.165, 1.54) is 6.07 Å². The normalized spacial score (nSPS) is 12.7. The number of halogens is 1. The number of aliphatic hydroxyl groups excluding tert-OH is 1. The number of rotatable bonds is 6. The van der Waals surface area contributed by atoms with Gasteiger partial charge in [0.15, 0.2) is 0 Å². The van der Waals surface area contributed by atoms with Gasteiger partial charge < -0.3 is 16.2 Å². The van der Waals surface area contributed by atoms with Gasteiger partial charge in [0, 0.05) is 13.1 Å². The highest BCUT2D eigenvalue weighted by Crippen LogP contribution is 2.05. The molecule has 1 atom stereocenters. The van der Waals surface area contributed by atoms with E-state index in [4.69, 9.17) is 10.8 Å². The van der Waals surface area contributed by atoms with Crippen LogP contribution in [0.3, 0.4) is 0 Å². The Balaban J connectivity index is 2.23. The van der Waals surface area contributed by atoms with Gasteiger partial charge in [0.05, 0.1) is 6.10 Å². The first-order valence-corrected chi connectivity index (χ1v) is 5.06. The second kappa shape index (κ2) is 6.50. The standard InChI is InChI=1S/C11H17FN2O/c12-11-4-2-1-3-9(11)5-6-14-8-10(15)7-13/h1-4,10,14-15H,5-8,13H2. The molecule has 0 saturated heterocycles. The van der Waals surface area contributed by atoms with Crippen LogP contribution in [0.1, 0.15) is 5.56 Å². The quantitative estimate of drug-likeness (QED) is 0.593. The molecular weight excluding hydrogens is 195 g/mol. The van der Waals surface area contributed by atoms with E-state index in [9.17, 15) is 4.39 Å². The molecule has 0 aliphatic rings. The highest BCUT2D eigenvalue weighted by atomic mass is 19.1. The summed E-state index contributed by atoms with van der Waals surface area (Å²) < 4.78 is 13.1. The van der Waals surface area contributed by atoms with Crippen LogP contribution in [0.5, 0.6) is 0 Å². The average Bonchev–Trinajstić information content (AvgIpc) is 2.26. The van der Waals surface area contributed by atoms with E-state index >= 15 is 0 Å². The maximum atomic E-state index is 13.1. The first kappa shape index (κ1) is 12.1. The molecule has 1 aromatic rings. The molecule has 0 radical (unpaired) electrons. The molecule has 0 bridgehead atoms. The van der Waals surface area contributed by atoms with E-state index in [2.05, 4.69) is 5.32 Å². The Kier molecular flexibility index (Phi) is 5.25. The van der Waals surface area contributed by atoms with Crippen molar-refractivity contribution in [3.05, 3.63) is 35.6 Å². The Morgan fingerprint density at radius 2 is 2.13 bits per heavy atom. The van der Waals surface area contributed by atoms with Gasteiger partial charge in [-0.2, -0.15) is 0 Å². The topological polar surface area (TPSA) is 58.3 Å². The van der Waals surface area contributed by atoms with Crippen LogP contribution in [0.2, 0.25) is 0 Å². The fourth-order valence-electron chi connectivity index (χ4n) is 1.28. The van der Waals surface area contributed by atoms with E-state index in [0.29, 0.717) is 25.1 Å². The summed E-state index contributed by atoms with van der Waals surface area (Å²) in [5.74, 6) is -0.182. The fourth-order valence-corrected chi connectivity index (χ4v) is 1.28. The predicted molar refractivity (Wildman–Crippen MR) is 58.0 cm³/mol. The third kappa shape index (κ3) is 4.38. The second-order valence-corrected chi connectivity index (χ2v) is 3.44. The monoisotopic (exact) mass is 212 g/mol. The van der Waals surface area contributed by atoms with Crippen LogP contribution in [0.15, 0.2) is 24.3 Å². The lowest BCUT2D eigenvalue weighted by atomic mass is 10.1. The molecule has 0 spiro atoms. The Morgan fingerprint density at radius 1 is 1.40 bits per heavy atom. The van der Waals surface area contributed by atoms with Crippen LogP contribution in [0.25, 0.3) is 0 Å². The van der Waals surface area contributed by atoms with E-state index in [-0.39, 0.29) is 12.4 Å². The summed E-state index contributed by atoms with van der Waals surface area (Å²) >= 11 is 0. The molecule has 0 aromatic heterocycles. The molecule has 0 heterocycles. The molecule has 3 nitrogen and oxygen atoms in total. The van der Waals surface area contributed by atoms with Gasteiger partial charge >= 0.3 is 0 Å². The number of nitrogens with two attached hydrogens (primary N) is 1. The molecule has 0 amide bonds. The molecule has 1 aromatic carbocycles. The lowest BCUT2D eigenvalue weighted by molar-refractivity contribution is 0.180. The molecule has 0 aliphatic carbocycles. The minimum absolute atomic E-state index is 0.182. The molecule has 4 heteroatoms. The maximum absolute atomic E-state index is 13.1. The van der Waals surface area contributed by atoms with Crippen LogP contribution in [-0.4, -0.2) is 30.8 Å². The van der Waals surface area contributed by atoms with Gasteiger partial charge in [-0.3, -0.25) is 0 Å². The van der Waals surface area contributed by atoms with Crippen molar-refractivity contribution in [1.29, 1.82) is 0 Å². The Bertz CT molecular complexity index is 294. The van der Waals surface area contributed by atoms with Gasteiger partial charge in [-0.1, -0.05) is 18.2 Å². The van der Waals surface area contributed by atoms with Gasteiger partial charge in [0.1, 0.15) is 5.82 Å².